The van der Waals surface area contributed by atoms with Crippen molar-refractivity contribution in [2.24, 2.45) is 0 Å². The number of carbonyl (C=O) groups is 1. The smallest absolute Gasteiger partial charge is 0.270 e. The average Bonchev–Trinajstić information content (AvgIpc) is 3.29. The minimum atomic E-state index is -0.450. The number of nitro benzene ring substituents is 1. The standard InChI is InChI=1S/C22H16N2O4S2/c1-13-3-6-17(11-14(13)2)23-21(25)20(30-22(23)29)12-18-9-10-19(28-18)15-4-7-16(8-5-15)24(26)27/h3-12H,1-2H3. The third kappa shape index (κ3) is 3.79. The molecule has 8 heteroatoms. The van der Waals surface area contributed by atoms with Crippen molar-refractivity contribution in [3.63, 3.8) is 0 Å². The zero-order valence-corrected chi connectivity index (χ0v) is 17.8. The molecule has 6 nitrogen and oxygen atoms in total. The van der Waals surface area contributed by atoms with Crippen molar-refractivity contribution in [2.75, 3.05) is 4.90 Å². The Kier molecular flexibility index (Phi) is 5.27. The van der Waals surface area contributed by atoms with Gasteiger partial charge >= 0.3 is 0 Å². The Hall–Kier alpha value is -3.23. The van der Waals surface area contributed by atoms with Crippen LogP contribution in [0.1, 0.15) is 16.9 Å². The summed E-state index contributed by atoms with van der Waals surface area (Å²) in [6.07, 6.45) is 1.66. The first kappa shape index (κ1) is 20.1. The molecule has 1 aliphatic heterocycles. The van der Waals surface area contributed by atoms with E-state index in [1.807, 2.05) is 32.0 Å². The summed E-state index contributed by atoms with van der Waals surface area (Å²) in [4.78, 5) is 25.3. The summed E-state index contributed by atoms with van der Waals surface area (Å²) in [5.74, 6) is 0.867. The van der Waals surface area contributed by atoms with E-state index in [4.69, 9.17) is 16.6 Å². The highest BCUT2D eigenvalue weighted by Gasteiger charge is 2.33. The monoisotopic (exact) mass is 436 g/mol. The van der Waals surface area contributed by atoms with Crippen molar-refractivity contribution >= 4 is 51.7 Å². The van der Waals surface area contributed by atoms with Crippen molar-refractivity contribution in [1.29, 1.82) is 0 Å². The van der Waals surface area contributed by atoms with Gasteiger partial charge < -0.3 is 4.42 Å². The highest BCUT2D eigenvalue weighted by atomic mass is 32.2. The predicted molar refractivity (Wildman–Crippen MR) is 122 cm³/mol. The lowest BCUT2D eigenvalue weighted by Gasteiger charge is -2.15. The second-order valence-electron chi connectivity index (χ2n) is 6.79. The zero-order chi connectivity index (χ0) is 21.4. The lowest BCUT2D eigenvalue weighted by molar-refractivity contribution is -0.384. The number of anilines is 1. The number of hydrogen-bond donors (Lipinski definition) is 0. The number of thiocarbonyl (C=S) groups is 1. The van der Waals surface area contributed by atoms with E-state index in [0.29, 0.717) is 26.3 Å². The van der Waals surface area contributed by atoms with Crippen LogP contribution < -0.4 is 4.90 Å². The predicted octanol–water partition coefficient (Wildman–Crippen LogP) is 5.88. The molecule has 0 saturated carbocycles. The molecule has 30 heavy (non-hydrogen) atoms. The first-order valence-electron chi connectivity index (χ1n) is 9.03. The molecular formula is C22H16N2O4S2. The van der Waals surface area contributed by atoms with E-state index in [1.54, 1.807) is 30.3 Å². The van der Waals surface area contributed by atoms with Crippen molar-refractivity contribution in [2.45, 2.75) is 13.8 Å². The number of thioether (sulfide) groups is 1. The minimum Gasteiger partial charge on any atom is -0.457 e. The number of benzene rings is 2. The van der Waals surface area contributed by atoms with Gasteiger partial charge in [0.1, 0.15) is 11.5 Å². The van der Waals surface area contributed by atoms with E-state index in [9.17, 15) is 14.9 Å². The van der Waals surface area contributed by atoms with Crippen LogP contribution >= 0.6 is 24.0 Å². The van der Waals surface area contributed by atoms with Gasteiger partial charge in [-0.05, 0) is 61.4 Å². The molecule has 1 aromatic heterocycles. The molecule has 4 rings (SSSR count). The topological polar surface area (TPSA) is 76.6 Å². The molecule has 3 aromatic rings. The minimum absolute atomic E-state index is 0.0144. The molecule has 0 aliphatic carbocycles. The molecule has 2 aromatic carbocycles. The molecule has 0 bridgehead atoms. The Morgan fingerprint density at radius 2 is 1.80 bits per heavy atom. The van der Waals surface area contributed by atoms with Gasteiger partial charge in [0.2, 0.25) is 0 Å². The molecule has 150 valence electrons. The number of nitro groups is 1. The van der Waals surface area contributed by atoms with E-state index in [2.05, 4.69) is 0 Å². The lowest BCUT2D eigenvalue weighted by Crippen LogP contribution is -2.27. The highest BCUT2D eigenvalue weighted by molar-refractivity contribution is 8.27. The highest BCUT2D eigenvalue weighted by Crippen LogP contribution is 2.37. The van der Waals surface area contributed by atoms with Gasteiger partial charge in [-0.25, -0.2) is 0 Å². The van der Waals surface area contributed by atoms with Crippen LogP contribution in [0.25, 0.3) is 17.4 Å². The normalized spacial score (nSPS) is 15.3. The number of carbonyl (C=O) groups excluding carboxylic acids is 1. The van der Waals surface area contributed by atoms with Crippen LogP contribution in [0.4, 0.5) is 11.4 Å². The molecule has 0 radical (unpaired) electrons. The van der Waals surface area contributed by atoms with Gasteiger partial charge in [0.05, 0.1) is 15.5 Å². The summed E-state index contributed by atoms with van der Waals surface area (Å²) in [6.45, 7) is 4.01. The van der Waals surface area contributed by atoms with Crippen molar-refractivity contribution in [3.8, 4) is 11.3 Å². The van der Waals surface area contributed by atoms with Crippen LogP contribution in [0, 0.1) is 24.0 Å². The van der Waals surface area contributed by atoms with Crippen LogP contribution in [0.15, 0.2) is 63.9 Å². The fourth-order valence-electron chi connectivity index (χ4n) is 3.02. The Bertz CT molecular complexity index is 1210. The maximum atomic E-state index is 12.9. The number of rotatable bonds is 4. The van der Waals surface area contributed by atoms with E-state index >= 15 is 0 Å². The fourth-order valence-corrected chi connectivity index (χ4v) is 4.30. The maximum Gasteiger partial charge on any atom is 0.270 e. The van der Waals surface area contributed by atoms with Crippen molar-refractivity contribution < 1.29 is 14.1 Å². The first-order chi connectivity index (χ1) is 14.3. The van der Waals surface area contributed by atoms with Crippen molar-refractivity contribution in [1.82, 2.24) is 0 Å². The molecule has 0 atom stereocenters. The third-order valence-corrected chi connectivity index (χ3v) is 6.11. The van der Waals surface area contributed by atoms with E-state index in [1.165, 1.54) is 28.8 Å². The second kappa shape index (κ2) is 7.89. The third-order valence-electron chi connectivity index (χ3n) is 4.81. The summed E-state index contributed by atoms with van der Waals surface area (Å²) >= 11 is 6.65. The molecule has 1 aliphatic rings. The molecule has 1 fully saturated rings. The molecule has 1 amide bonds. The summed E-state index contributed by atoms with van der Waals surface area (Å²) in [5.41, 5.74) is 3.71. The van der Waals surface area contributed by atoms with Gasteiger partial charge in [0.15, 0.2) is 4.32 Å². The Balaban J connectivity index is 1.58. The summed E-state index contributed by atoms with van der Waals surface area (Å²) in [5, 5.41) is 10.8. The van der Waals surface area contributed by atoms with Crippen LogP contribution in [0.3, 0.4) is 0 Å². The zero-order valence-electron chi connectivity index (χ0n) is 16.1. The molecular weight excluding hydrogens is 420 g/mol. The number of non-ortho nitro benzene ring substituents is 1. The Morgan fingerprint density at radius 3 is 2.47 bits per heavy atom. The number of furan rings is 1. The molecule has 0 unspecified atom stereocenters. The SMILES string of the molecule is Cc1ccc(N2C(=O)C(=Cc3ccc(-c4ccc([N+](=O)[O-])cc4)o3)SC2=S)cc1C. The van der Waals surface area contributed by atoms with Crippen molar-refractivity contribution in [3.05, 3.63) is 86.5 Å². The molecule has 1 saturated heterocycles. The number of nitrogens with zero attached hydrogens (tertiary/aromatic N) is 2. The fraction of sp³-hybridized carbons (Fsp3) is 0.0909. The van der Waals surface area contributed by atoms with Gasteiger partial charge in [0.25, 0.3) is 11.6 Å². The van der Waals surface area contributed by atoms with Gasteiger partial charge in [-0.15, -0.1) is 0 Å². The summed E-state index contributed by atoms with van der Waals surface area (Å²) < 4.78 is 6.29. The Morgan fingerprint density at radius 1 is 1.07 bits per heavy atom. The number of hydrogen-bond acceptors (Lipinski definition) is 6. The largest absolute Gasteiger partial charge is 0.457 e. The first-order valence-corrected chi connectivity index (χ1v) is 10.3. The molecule has 0 spiro atoms. The van der Waals surface area contributed by atoms with E-state index in [0.717, 1.165) is 16.8 Å². The maximum absolute atomic E-state index is 12.9. The molecule has 2 heterocycles. The van der Waals surface area contributed by atoms with E-state index in [-0.39, 0.29) is 11.6 Å². The summed E-state index contributed by atoms with van der Waals surface area (Å²) in [6, 6.07) is 15.4. The quantitative estimate of drug-likeness (QED) is 0.220. The average molecular weight is 437 g/mol. The summed E-state index contributed by atoms with van der Waals surface area (Å²) in [7, 11) is 0. The molecule has 0 N–H and O–H groups in total. The second-order valence-corrected chi connectivity index (χ2v) is 8.47. The van der Waals surface area contributed by atoms with Crippen LogP contribution in [-0.4, -0.2) is 15.2 Å². The van der Waals surface area contributed by atoms with Gasteiger partial charge in [-0.2, -0.15) is 0 Å². The van der Waals surface area contributed by atoms with Gasteiger partial charge in [-0.3, -0.25) is 19.8 Å². The number of amides is 1. The number of aryl methyl sites for hydroxylation is 2. The van der Waals surface area contributed by atoms with Crippen LogP contribution in [0.5, 0.6) is 0 Å². The lowest BCUT2D eigenvalue weighted by atomic mass is 10.1. The van der Waals surface area contributed by atoms with Crippen LogP contribution in [-0.2, 0) is 4.79 Å². The van der Waals surface area contributed by atoms with Gasteiger partial charge in [-0.1, -0.05) is 30.0 Å². The van der Waals surface area contributed by atoms with Gasteiger partial charge in [0, 0.05) is 23.8 Å². The Labute approximate surface area is 182 Å². The van der Waals surface area contributed by atoms with E-state index < -0.39 is 4.92 Å². The van der Waals surface area contributed by atoms with Crippen LogP contribution in [0.2, 0.25) is 0 Å².